The van der Waals surface area contributed by atoms with Gasteiger partial charge in [0, 0.05) is 32.7 Å². The fourth-order valence-corrected chi connectivity index (χ4v) is 6.64. The van der Waals surface area contributed by atoms with Crippen molar-refractivity contribution in [3.05, 3.63) is 131 Å². The summed E-state index contributed by atoms with van der Waals surface area (Å²) in [6.07, 6.45) is 1.51. The minimum absolute atomic E-state index is 0.0314. The lowest BCUT2D eigenvalue weighted by Crippen LogP contribution is -2.30. The summed E-state index contributed by atoms with van der Waals surface area (Å²) in [4.78, 5) is 53.5. The smallest absolute Gasteiger partial charge is 0.341 e. The van der Waals surface area contributed by atoms with Crippen LogP contribution in [0.3, 0.4) is 0 Å². The molecule has 4 aromatic carbocycles. The van der Waals surface area contributed by atoms with Crippen LogP contribution in [0.1, 0.15) is 33.2 Å². The Morgan fingerprint density at radius 2 is 1.57 bits per heavy atom. The standard InChI is InChI=1S/C39H35N3O7S2/c1-4-49-39(46)35-31(25-12-7-5-8-13-25)23-51-38(35)42-34(43)24-50-30-17-11-16-28(22-30)40-37(45)32(41-36(44)26-14-9-6-10-15-26)21-27-20-29(47-2)18-19-33(27)48-3/h5-23H,4,24H2,1-3H3,(H,40,45)(H,41,44)(H,42,43)/b32-21+. The Bertz CT molecular complexity index is 2050. The molecule has 3 amide bonds. The Labute approximate surface area is 303 Å². The van der Waals surface area contributed by atoms with Crippen molar-refractivity contribution in [1.82, 2.24) is 5.32 Å². The molecule has 5 rings (SSSR count). The first-order chi connectivity index (χ1) is 24.8. The predicted molar refractivity (Wildman–Crippen MR) is 202 cm³/mol. The molecule has 0 unspecified atom stereocenters. The Morgan fingerprint density at radius 1 is 0.824 bits per heavy atom. The van der Waals surface area contributed by atoms with Crippen LogP contribution in [0.2, 0.25) is 0 Å². The van der Waals surface area contributed by atoms with Crippen LogP contribution < -0.4 is 25.4 Å². The molecule has 5 aromatic rings. The molecule has 0 radical (unpaired) electrons. The summed E-state index contributed by atoms with van der Waals surface area (Å²) in [7, 11) is 3.03. The normalized spacial score (nSPS) is 10.9. The lowest BCUT2D eigenvalue weighted by atomic mass is 10.0. The van der Waals surface area contributed by atoms with Gasteiger partial charge in [0.05, 0.1) is 26.6 Å². The number of thioether (sulfide) groups is 1. The van der Waals surface area contributed by atoms with Crippen LogP contribution in [-0.2, 0) is 14.3 Å². The van der Waals surface area contributed by atoms with Crippen LogP contribution in [0.4, 0.5) is 10.7 Å². The summed E-state index contributed by atoms with van der Waals surface area (Å²) < 4.78 is 16.1. The number of benzene rings is 4. The Morgan fingerprint density at radius 3 is 2.27 bits per heavy atom. The van der Waals surface area contributed by atoms with Gasteiger partial charge in [-0.15, -0.1) is 23.1 Å². The molecule has 0 saturated heterocycles. The summed E-state index contributed by atoms with van der Waals surface area (Å²) in [5, 5.41) is 10.7. The molecule has 0 atom stereocenters. The molecule has 3 N–H and O–H groups in total. The molecule has 1 heterocycles. The summed E-state index contributed by atoms with van der Waals surface area (Å²) >= 11 is 2.51. The summed E-state index contributed by atoms with van der Waals surface area (Å²) in [5.74, 6) is -0.835. The number of methoxy groups -OCH3 is 2. The lowest BCUT2D eigenvalue weighted by molar-refractivity contribution is -0.114. The number of amides is 3. The van der Waals surface area contributed by atoms with E-state index in [2.05, 4.69) is 16.0 Å². The van der Waals surface area contributed by atoms with E-state index in [1.807, 2.05) is 41.8 Å². The molecule has 12 heteroatoms. The van der Waals surface area contributed by atoms with E-state index < -0.39 is 17.8 Å². The fraction of sp³-hybridized carbons (Fsp3) is 0.128. The van der Waals surface area contributed by atoms with Crippen LogP contribution in [0, 0.1) is 0 Å². The highest BCUT2D eigenvalue weighted by Crippen LogP contribution is 2.36. The molecule has 0 aliphatic carbocycles. The number of rotatable bonds is 14. The second-order valence-corrected chi connectivity index (χ2v) is 12.7. The van der Waals surface area contributed by atoms with Crippen molar-refractivity contribution >= 4 is 63.6 Å². The van der Waals surface area contributed by atoms with Gasteiger partial charge in [-0.05, 0) is 67.1 Å². The average Bonchev–Trinajstić information content (AvgIpc) is 3.58. The number of nitrogens with one attached hydrogen (secondary N) is 3. The summed E-state index contributed by atoms with van der Waals surface area (Å²) in [5.41, 5.74) is 3.13. The number of esters is 1. The van der Waals surface area contributed by atoms with Gasteiger partial charge in [-0.2, -0.15) is 0 Å². The van der Waals surface area contributed by atoms with Gasteiger partial charge in [0.25, 0.3) is 11.8 Å². The maximum Gasteiger partial charge on any atom is 0.341 e. The predicted octanol–water partition coefficient (Wildman–Crippen LogP) is 7.75. The molecular formula is C39H35N3O7S2. The van der Waals surface area contributed by atoms with E-state index in [0.717, 1.165) is 5.56 Å². The molecule has 51 heavy (non-hydrogen) atoms. The quantitative estimate of drug-likeness (QED) is 0.0603. The van der Waals surface area contributed by atoms with Crippen molar-refractivity contribution in [2.24, 2.45) is 0 Å². The van der Waals surface area contributed by atoms with Gasteiger partial charge in [0.2, 0.25) is 5.91 Å². The highest BCUT2D eigenvalue weighted by Gasteiger charge is 2.23. The SMILES string of the molecule is CCOC(=O)c1c(-c2ccccc2)csc1NC(=O)CSc1cccc(NC(=O)/C(=C\c2cc(OC)ccc2OC)NC(=O)c2ccccc2)c1. The minimum Gasteiger partial charge on any atom is -0.497 e. The second-order valence-electron chi connectivity index (χ2n) is 10.7. The van der Waals surface area contributed by atoms with Crippen LogP contribution in [-0.4, -0.2) is 50.3 Å². The molecule has 0 spiro atoms. The second kappa shape index (κ2) is 17.7. The number of thiophene rings is 1. The van der Waals surface area contributed by atoms with Gasteiger partial charge in [-0.25, -0.2) is 4.79 Å². The number of ether oxygens (including phenoxy) is 3. The van der Waals surface area contributed by atoms with Crippen LogP contribution in [0.25, 0.3) is 17.2 Å². The van der Waals surface area contributed by atoms with Gasteiger partial charge < -0.3 is 30.2 Å². The lowest BCUT2D eigenvalue weighted by Gasteiger charge is -2.14. The highest BCUT2D eigenvalue weighted by molar-refractivity contribution is 8.00. The number of hydrogen-bond donors (Lipinski definition) is 3. The van der Waals surface area contributed by atoms with Crippen molar-refractivity contribution in [3.63, 3.8) is 0 Å². The highest BCUT2D eigenvalue weighted by atomic mass is 32.2. The average molecular weight is 722 g/mol. The van der Waals surface area contributed by atoms with Crippen LogP contribution >= 0.6 is 23.1 Å². The Kier molecular flexibility index (Phi) is 12.6. The van der Waals surface area contributed by atoms with Crippen molar-refractivity contribution in [2.75, 3.05) is 37.2 Å². The van der Waals surface area contributed by atoms with E-state index in [4.69, 9.17) is 14.2 Å². The van der Waals surface area contributed by atoms with E-state index in [1.54, 1.807) is 73.7 Å². The molecule has 260 valence electrons. The zero-order chi connectivity index (χ0) is 36.2. The van der Waals surface area contributed by atoms with Gasteiger partial charge in [-0.3, -0.25) is 14.4 Å². The molecule has 0 saturated carbocycles. The molecule has 0 aliphatic heterocycles. The first-order valence-corrected chi connectivity index (χ1v) is 17.6. The van der Waals surface area contributed by atoms with E-state index in [9.17, 15) is 19.2 Å². The number of carbonyl (C=O) groups excluding carboxylic acids is 4. The monoisotopic (exact) mass is 721 g/mol. The third kappa shape index (κ3) is 9.65. The van der Waals surface area contributed by atoms with Crippen molar-refractivity contribution in [1.29, 1.82) is 0 Å². The van der Waals surface area contributed by atoms with E-state index in [-0.39, 0.29) is 24.0 Å². The van der Waals surface area contributed by atoms with Gasteiger partial charge in [0.1, 0.15) is 27.8 Å². The van der Waals surface area contributed by atoms with E-state index in [0.29, 0.717) is 49.3 Å². The van der Waals surface area contributed by atoms with Gasteiger partial charge in [-0.1, -0.05) is 54.6 Å². The van der Waals surface area contributed by atoms with Gasteiger partial charge >= 0.3 is 5.97 Å². The van der Waals surface area contributed by atoms with Crippen LogP contribution in [0.15, 0.2) is 119 Å². The fourth-order valence-electron chi connectivity index (χ4n) is 4.91. The topological polar surface area (TPSA) is 132 Å². The summed E-state index contributed by atoms with van der Waals surface area (Å²) in [6, 6.07) is 30.1. The third-order valence-corrected chi connectivity index (χ3v) is 9.22. The van der Waals surface area contributed by atoms with Crippen molar-refractivity contribution in [3.8, 4) is 22.6 Å². The van der Waals surface area contributed by atoms with E-state index in [1.165, 1.54) is 43.4 Å². The summed E-state index contributed by atoms with van der Waals surface area (Å²) in [6.45, 7) is 1.93. The van der Waals surface area contributed by atoms with Crippen LogP contribution in [0.5, 0.6) is 11.5 Å². The molecule has 1 aromatic heterocycles. The largest absolute Gasteiger partial charge is 0.497 e. The first-order valence-electron chi connectivity index (χ1n) is 15.8. The third-order valence-electron chi connectivity index (χ3n) is 7.34. The first kappa shape index (κ1) is 36.4. The van der Waals surface area contributed by atoms with E-state index >= 15 is 0 Å². The zero-order valence-corrected chi connectivity index (χ0v) is 29.7. The number of anilines is 2. The van der Waals surface area contributed by atoms with Crippen molar-refractivity contribution in [2.45, 2.75) is 11.8 Å². The number of carbonyl (C=O) groups is 4. The zero-order valence-electron chi connectivity index (χ0n) is 28.1. The molecule has 0 bridgehead atoms. The Hall–Kier alpha value is -5.85. The molecule has 0 fully saturated rings. The van der Waals surface area contributed by atoms with Crippen molar-refractivity contribution < 1.29 is 33.4 Å². The molecule has 0 aliphatic rings. The number of hydrogen-bond acceptors (Lipinski definition) is 9. The Balaban J connectivity index is 1.31. The minimum atomic E-state index is -0.581. The van der Waals surface area contributed by atoms with Gasteiger partial charge in [0.15, 0.2) is 0 Å². The maximum absolute atomic E-state index is 13.7. The maximum atomic E-state index is 13.7. The molecule has 10 nitrogen and oxygen atoms in total. The molecular weight excluding hydrogens is 687 g/mol.